The zero-order valence-corrected chi connectivity index (χ0v) is 21.8. The number of likely N-dealkylation sites (N-methyl/N-ethyl adjacent to an activating group) is 1. The lowest BCUT2D eigenvalue weighted by molar-refractivity contribution is 0.270. The molecule has 1 fully saturated rings. The van der Waals surface area contributed by atoms with E-state index in [-0.39, 0.29) is 29.5 Å². The Labute approximate surface area is 223 Å². The molecule has 1 aliphatic heterocycles. The van der Waals surface area contributed by atoms with Crippen LogP contribution in [0.1, 0.15) is 12.5 Å². The maximum Gasteiger partial charge on any atom is 0.316 e. The lowest BCUT2D eigenvalue weighted by Gasteiger charge is -2.35. The summed E-state index contributed by atoms with van der Waals surface area (Å²) in [5.74, 6) is 1.08. The molecule has 0 saturated carbocycles. The number of nitrogens with zero attached hydrogens (tertiary/aromatic N) is 4. The molecule has 4 aromatic rings. The topological polar surface area (TPSA) is 70.8 Å². The summed E-state index contributed by atoms with van der Waals surface area (Å²) < 4.78 is 7.67. The van der Waals surface area contributed by atoms with E-state index in [0.29, 0.717) is 17.1 Å². The van der Waals surface area contributed by atoms with Crippen LogP contribution < -0.4 is 15.2 Å². The van der Waals surface area contributed by atoms with Crippen molar-refractivity contribution >= 4 is 18.1 Å². The first-order valence-electron chi connectivity index (χ1n) is 12.3. The molecule has 0 aliphatic carbocycles. The molecule has 5 rings (SSSR count). The van der Waals surface area contributed by atoms with E-state index in [2.05, 4.69) is 21.8 Å². The van der Waals surface area contributed by atoms with Gasteiger partial charge in [-0.15, -0.1) is 12.4 Å². The average Bonchev–Trinajstić information content (AvgIpc) is 2.91. The summed E-state index contributed by atoms with van der Waals surface area (Å²) in [4.78, 5) is 18.2. The summed E-state index contributed by atoms with van der Waals surface area (Å²) in [6.07, 6.45) is 1.74. The molecule has 0 amide bonds. The fourth-order valence-corrected chi connectivity index (χ4v) is 4.41. The third-order valence-electron chi connectivity index (χ3n) is 6.63. The number of rotatable bonds is 6. The number of anilines is 1. The second-order valence-corrected chi connectivity index (χ2v) is 9.01. The molecule has 192 valence electrons. The van der Waals surface area contributed by atoms with Crippen LogP contribution in [0.4, 0.5) is 5.69 Å². The van der Waals surface area contributed by atoms with Crippen molar-refractivity contribution in [2.45, 2.75) is 13.8 Å². The molecule has 0 radical (unpaired) electrons. The zero-order valence-electron chi connectivity index (χ0n) is 21.0. The van der Waals surface area contributed by atoms with Crippen LogP contribution in [0.2, 0.25) is 0 Å². The van der Waals surface area contributed by atoms with Gasteiger partial charge < -0.3 is 19.6 Å². The number of halogens is 1. The molecule has 0 bridgehead atoms. The summed E-state index contributed by atoms with van der Waals surface area (Å²) in [5, 5.41) is 14.1. The second-order valence-electron chi connectivity index (χ2n) is 9.01. The minimum atomic E-state index is -0.295. The summed E-state index contributed by atoms with van der Waals surface area (Å²) in [6, 6.07) is 22.4. The maximum atomic E-state index is 13.7. The molecule has 37 heavy (non-hydrogen) atoms. The number of ether oxygens (including phenoxy) is 1. The van der Waals surface area contributed by atoms with Gasteiger partial charge in [-0.2, -0.15) is 9.78 Å². The molecule has 0 spiro atoms. The van der Waals surface area contributed by atoms with Gasteiger partial charge in [0.25, 0.3) is 0 Å². The van der Waals surface area contributed by atoms with Gasteiger partial charge in [-0.25, -0.2) is 0 Å². The number of phenolic OH excluding ortho intramolecular Hbond substituents is 1. The molecule has 1 aromatic heterocycles. The quantitative estimate of drug-likeness (QED) is 0.375. The molecule has 7 nitrogen and oxygen atoms in total. The lowest BCUT2D eigenvalue weighted by Crippen LogP contribution is -2.46. The summed E-state index contributed by atoms with van der Waals surface area (Å²) in [5.41, 5.74) is 4.20. The van der Waals surface area contributed by atoms with Crippen molar-refractivity contribution < 1.29 is 9.84 Å². The number of aryl methyl sites for hydroxylation is 1. The monoisotopic (exact) mass is 518 g/mol. The Morgan fingerprint density at radius 3 is 2.05 bits per heavy atom. The molecule has 3 aromatic carbocycles. The van der Waals surface area contributed by atoms with Gasteiger partial charge in [0.2, 0.25) is 5.75 Å². The van der Waals surface area contributed by atoms with Crippen LogP contribution in [0.15, 0.2) is 83.8 Å². The van der Waals surface area contributed by atoms with E-state index >= 15 is 0 Å². The van der Waals surface area contributed by atoms with Crippen LogP contribution in [0, 0.1) is 6.92 Å². The van der Waals surface area contributed by atoms with E-state index in [4.69, 9.17) is 4.74 Å². The third-order valence-corrected chi connectivity index (χ3v) is 6.63. The molecule has 8 heteroatoms. The zero-order chi connectivity index (χ0) is 25.1. The molecular formula is C29H31ClN4O3. The Hall–Kier alpha value is -3.81. The molecule has 2 heterocycles. The van der Waals surface area contributed by atoms with Crippen LogP contribution in [0.25, 0.3) is 16.8 Å². The molecular weight excluding hydrogens is 488 g/mol. The molecule has 0 atom stereocenters. The smallest absolute Gasteiger partial charge is 0.316 e. The Morgan fingerprint density at radius 2 is 1.46 bits per heavy atom. The van der Waals surface area contributed by atoms with Crippen LogP contribution in [-0.2, 0) is 0 Å². The van der Waals surface area contributed by atoms with Crippen molar-refractivity contribution in [2.24, 2.45) is 0 Å². The molecule has 1 saturated heterocycles. The highest BCUT2D eigenvalue weighted by Gasteiger charge is 2.23. The van der Waals surface area contributed by atoms with Crippen LogP contribution >= 0.6 is 12.4 Å². The Bertz CT molecular complexity index is 1380. The Morgan fingerprint density at radius 1 is 0.865 bits per heavy atom. The summed E-state index contributed by atoms with van der Waals surface area (Å²) in [7, 11) is 0. The van der Waals surface area contributed by atoms with Crippen LogP contribution in [0.5, 0.6) is 17.2 Å². The van der Waals surface area contributed by atoms with E-state index in [0.717, 1.165) is 49.4 Å². The number of benzene rings is 3. The number of aromatic nitrogens is 2. The van der Waals surface area contributed by atoms with Crippen molar-refractivity contribution in [2.75, 3.05) is 37.6 Å². The van der Waals surface area contributed by atoms with Crippen LogP contribution in [0.3, 0.4) is 0 Å². The predicted molar refractivity (Wildman–Crippen MR) is 150 cm³/mol. The van der Waals surface area contributed by atoms with Gasteiger partial charge in [-0.05, 0) is 61.0 Å². The van der Waals surface area contributed by atoms with Crippen molar-refractivity contribution in [1.82, 2.24) is 14.7 Å². The first-order chi connectivity index (χ1) is 17.5. The van der Waals surface area contributed by atoms with Gasteiger partial charge in [0.05, 0.1) is 11.9 Å². The lowest BCUT2D eigenvalue weighted by atomic mass is 10.1. The van der Waals surface area contributed by atoms with Gasteiger partial charge in [0.1, 0.15) is 17.2 Å². The van der Waals surface area contributed by atoms with Crippen molar-refractivity contribution in [3.8, 4) is 34.1 Å². The number of phenols is 1. The summed E-state index contributed by atoms with van der Waals surface area (Å²) in [6.45, 7) is 8.65. The van der Waals surface area contributed by atoms with Crippen molar-refractivity contribution in [3.63, 3.8) is 0 Å². The Kier molecular flexibility index (Phi) is 8.16. The van der Waals surface area contributed by atoms with Gasteiger partial charge in [0.15, 0.2) is 0 Å². The fraction of sp³-hybridized carbons (Fsp3) is 0.241. The highest BCUT2D eigenvalue weighted by atomic mass is 35.5. The van der Waals surface area contributed by atoms with Gasteiger partial charge in [-0.3, -0.25) is 4.79 Å². The van der Waals surface area contributed by atoms with E-state index in [1.54, 1.807) is 18.3 Å². The van der Waals surface area contributed by atoms with E-state index < -0.39 is 0 Å². The number of hydrogen-bond acceptors (Lipinski definition) is 6. The van der Waals surface area contributed by atoms with Crippen LogP contribution in [-0.4, -0.2) is 52.5 Å². The number of aromatic hydroxyl groups is 1. The van der Waals surface area contributed by atoms with E-state index in [1.807, 2.05) is 67.6 Å². The molecule has 0 unspecified atom stereocenters. The highest BCUT2D eigenvalue weighted by molar-refractivity contribution is 5.85. The normalized spacial score (nSPS) is 13.7. The SMILES string of the molecule is CCN1CCN(c2cnn(-c3ccc(C)cc3)c(=O)c2Oc2ccc(-c3ccc(O)cc3)cc2)CC1.Cl. The Balaban J connectivity index is 0.00000320. The predicted octanol–water partition coefficient (Wildman–Crippen LogP) is 5.27. The first kappa shape index (κ1) is 26.3. The number of hydrogen-bond donors (Lipinski definition) is 1. The minimum absolute atomic E-state index is 0. The fourth-order valence-electron chi connectivity index (χ4n) is 4.41. The standard InChI is InChI=1S/C29H30N4O3.ClH/c1-3-31-16-18-32(19-17-31)27-20-30-33(24-10-4-21(2)5-11-24)29(35)28(27)36-26-14-8-23(9-15-26)22-6-12-25(34)13-7-22;/h4-15,20,34H,3,16-19H2,1-2H3;1H. The number of piperazine rings is 1. The van der Waals surface area contributed by atoms with E-state index in [9.17, 15) is 9.90 Å². The van der Waals surface area contributed by atoms with Gasteiger partial charge in [-0.1, -0.05) is 48.9 Å². The molecule has 1 N–H and O–H groups in total. The largest absolute Gasteiger partial charge is 0.508 e. The van der Waals surface area contributed by atoms with E-state index in [1.165, 1.54) is 4.68 Å². The first-order valence-corrected chi connectivity index (χ1v) is 12.3. The summed E-state index contributed by atoms with van der Waals surface area (Å²) >= 11 is 0. The van der Waals surface area contributed by atoms with Gasteiger partial charge >= 0.3 is 5.56 Å². The maximum absolute atomic E-state index is 13.7. The van der Waals surface area contributed by atoms with Crippen molar-refractivity contribution in [3.05, 3.63) is 94.9 Å². The third kappa shape index (κ3) is 5.79. The van der Waals surface area contributed by atoms with Crippen molar-refractivity contribution in [1.29, 1.82) is 0 Å². The molecule has 1 aliphatic rings. The highest BCUT2D eigenvalue weighted by Crippen LogP contribution is 2.31. The minimum Gasteiger partial charge on any atom is -0.508 e. The second kappa shape index (κ2) is 11.5. The van der Waals surface area contributed by atoms with Gasteiger partial charge in [0, 0.05) is 26.2 Å². The average molecular weight is 519 g/mol.